The van der Waals surface area contributed by atoms with Crippen LogP contribution in [-0.2, 0) is 0 Å². The van der Waals surface area contributed by atoms with Crippen LogP contribution in [0.3, 0.4) is 0 Å². The smallest absolute Gasteiger partial charge is 0.226 e. The molecule has 2 aromatic heterocycles. The summed E-state index contributed by atoms with van der Waals surface area (Å²) in [4.78, 5) is 8.56. The number of benzene rings is 1. The van der Waals surface area contributed by atoms with Crippen molar-refractivity contribution < 1.29 is 5.11 Å². The molecular formula is C16H18N4OS. The number of aromatic hydroxyl groups is 1. The van der Waals surface area contributed by atoms with Crippen LogP contribution in [0.1, 0.15) is 22.5 Å². The second-order valence-electron chi connectivity index (χ2n) is 5.46. The predicted molar refractivity (Wildman–Crippen MR) is 89.1 cm³/mol. The van der Waals surface area contributed by atoms with Crippen molar-refractivity contribution in [1.82, 2.24) is 19.7 Å². The first-order chi connectivity index (χ1) is 10.4. The molecule has 0 unspecified atom stereocenters. The van der Waals surface area contributed by atoms with Gasteiger partial charge < -0.3 is 5.11 Å². The second-order valence-corrected chi connectivity index (χ2v) is 6.26. The lowest BCUT2D eigenvalue weighted by molar-refractivity contribution is 0.457. The molecule has 0 aliphatic carbocycles. The number of rotatable bonds is 2. The Morgan fingerprint density at radius 1 is 1.05 bits per heavy atom. The van der Waals surface area contributed by atoms with Crippen molar-refractivity contribution in [3.05, 3.63) is 34.6 Å². The Morgan fingerprint density at radius 3 is 2.27 bits per heavy atom. The molecule has 114 valence electrons. The summed E-state index contributed by atoms with van der Waals surface area (Å²) in [5.74, 6) is 0.515. The average Bonchev–Trinajstić information content (AvgIpc) is 2.76. The maximum absolute atomic E-state index is 10.2. The molecule has 0 bridgehead atoms. The van der Waals surface area contributed by atoms with Crippen LogP contribution in [0.15, 0.2) is 17.2 Å². The van der Waals surface area contributed by atoms with Crippen LogP contribution >= 0.6 is 11.8 Å². The van der Waals surface area contributed by atoms with E-state index in [4.69, 9.17) is 0 Å². The fourth-order valence-corrected chi connectivity index (χ4v) is 3.43. The molecule has 0 radical (unpaired) electrons. The second kappa shape index (κ2) is 5.28. The van der Waals surface area contributed by atoms with Gasteiger partial charge in [-0.2, -0.15) is 10.1 Å². The zero-order chi connectivity index (χ0) is 16.0. The van der Waals surface area contributed by atoms with E-state index in [-0.39, 0.29) is 5.88 Å². The number of aryl methyl sites for hydroxylation is 4. The topological polar surface area (TPSA) is 63.8 Å². The van der Waals surface area contributed by atoms with Crippen molar-refractivity contribution in [2.24, 2.45) is 0 Å². The third-order valence-electron chi connectivity index (χ3n) is 3.63. The van der Waals surface area contributed by atoms with E-state index in [0.29, 0.717) is 16.9 Å². The van der Waals surface area contributed by atoms with Gasteiger partial charge in [0.05, 0.1) is 5.69 Å². The van der Waals surface area contributed by atoms with Gasteiger partial charge in [0.1, 0.15) is 16.2 Å². The molecule has 0 atom stereocenters. The van der Waals surface area contributed by atoms with E-state index in [9.17, 15) is 5.11 Å². The Labute approximate surface area is 133 Å². The summed E-state index contributed by atoms with van der Waals surface area (Å²) in [7, 11) is 0. The number of aromatic nitrogens is 4. The zero-order valence-corrected chi connectivity index (χ0v) is 14.1. The highest BCUT2D eigenvalue weighted by Gasteiger charge is 2.20. The fraction of sp³-hybridized carbons (Fsp3) is 0.312. The van der Waals surface area contributed by atoms with Gasteiger partial charge in [0, 0.05) is 0 Å². The van der Waals surface area contributed by atoms with Gasteiger partial charge in [0.2, 0.25) is 5.88 Å². The van der Waals surface area contributed by atoms with Crippen LogP contribution in [0, 0.1) is 27.7 Å². The summed E-state index contributed by atoms with van der Waals surface area (Å²) in [6.45, 7) is 7.98. The monoisotopic (exact) mass is 314 g/mol. The number of nitrogens with zero attached hydrogens (tertiary/aromatic N) is 4. The molecule has 3 aromatic rings. The normalized spacial score (nSPS) is 11.3. The molecule has 0 fully saturated rings. The van der Waals surface area contributed by atoms with Crippen molar-refractivity contribution in [1.29, 1.82) is 0 Å². The fourth-order valence-electron chi connectivity index (χ4n) is 2.88. The Balaban J connectivity index is 2.42. The summed E-state index contributed by atoms with van der Waals surface area (Å²) in [6.07, 6.45) is 1.93. The van der Waals surface area contributed by atoms with Gasteiger partial charge >= 0.3 is 0 Å². The number of hydrogen-bond donors (Lipinski definition) is 1. The highest BCUT2D eigenvalue weighted by Crippen LogP contribution is 2.33. The third-order valence-corrected chi connectivity index (χ3v) is 4.30. The zero-order valence-electron chi connectivity index (χ0n) is 13.3. The lowest BCUT2D eigenvalue weighted by Gasteiger charge is -2.12. The largest absolute Gasteiger partial charge is 0.493 e. The molecule has 1 N–H and O–H groups in total. The summed E-state index contributed by atoms with van der Waals surface area (Å²) in [5.41, 5.74) is 5.13. The van der Waals surface area contributed by atoms with Gasteiger partial charge in [0.15, 0.2) is 5.65 Å². The maximum atomic E-state index is 10.2. The molecule has 0 saturated carbocycles. The van der Waals surface area contributed by atoms with Crippen LogP contribution in [0.2, 0.25) is 0 Å². The summed E-state index contributed by atoms with van der Waals surface area (Å²) in [6, 6.07) is 4.25. The molecule has 0 amide bonds. The summed E-state index contributed by atoms with van der Waals surface area (Å²) < 4.78 is 1.82. The molecule has 6 heteroatoms. The minimum Gasteiger partial charge on any atom is -0.493 e. The first-order valence-electron chi connectivity index (χ1n) is 7.01. The Morgan fingerprint density at radius 2 is 1.68 bits per heavy atom. The van der Waals surface area contributed by atoms with Gasteiger partial charge in [-0.3, -0.25) is 0 Å². The van der Waals surface area contributed by atoms with Crippen molar-refractivity contribution >= 4 is 22.8 Å². The highest BCUT2D eigenvalue weighted by molar-refractivity contribution is 7.98. The Hall–Kier alpha value is -2.08. The van der Waals surface area contributed by atoms with E-state index >= 15 is 0 Å². The van der Waals surface area contributed by atoms with Crippen molar-refractivity contribution in [2.75, 3.05) is 6.26 Å². The molecule has 0 aliphatic rings. The van der Waals surface area contributed by atoms with Crippen LogP contribution in [0.4, 0.5) is 0 Å². The molecule has 0 spiro atoms. The van der Waals surface area contributed by atoms with E-state index in [1.165, 1.54) is 17.3 Å². The average molecular weight is 314 g/mol. The van der Waals surface area contributed by atoms with E-state index in [0.717, 1.165) is 21.8 Å². The van der Waals surface area contributed by atoms with Gasteiger partial charge in [0.25, 0.3) is 0 Å². The molecule has 5 nitrogen and oxygen atoms in total. The number of thioether (sulfide) groups is 1. The van der Waals surface area contributed by atoms with Crippen molar-refractivity contribution in [3.63, 3.8) is 0 Å². The lowest BCUT2D eigenvalue weighted by Crippen LogP contribution is -2.04. The van der Waals surface area contributed by atoms with E-state index in [2.05, 4.69) is 48.0 Å². The van der Waals surface area contributed by atoms with E-state index in [1.54, 1.807) is 6.92 Å². The van der Waals surface area contributed by atoms with E-state index in [1.807, 2.05) is 10.9 Å². The number of hydrogen-bond acceptors (Lipinski definition) is 5. The van der Waals surface area contributed by atoms with Crippen molar-refractivity contribution in [3.8, 4) is 11.6 Å². The minimum atomic E-state index is -0.0134. The maximum Gasteiger partial charge on any atom is 0.226 e. The van der Waals surface area contributed by atoms with Gasteiger partial charge in [-0.1, -0.05) is 17.7 Å². The molecule has 22 heavy (non-hydrogen) atoms. The lowest BCUT2D eigenvalue weighted by atomic mass is 10.1. The Kier molecular flexibility index (Phi) is 3.56. The van der Waals surface area contributed by atoms with Crippen LogP contribution in [0.5, 0.6) is 5.88 Å². The van der Waals surface area contributed by atoms with Gasteiger partial charge in [-0.15, -0.1) is 11.8 Å². The van der Waals surface area contributed by atoms with Crippen molar-refractivity contribution in [2.45, 2.75) is 32.7 Å². The Bertz CT molecular complexity index is 862. The molecule has 2 heterocycles. The first-order valence-corrected chi connectivity index (χ1v) is 8.23. The first kappa shape index (κ1) is 14.8. The minimum absolute atomic E-state index is 0.0134. The molecule has 0 saturated heterocycles. The van der Waals surface area contributed by atoms with Crippen LogP contribution in [0.25, 0.3) is 16.7 Å². The van der Waals surface area contributed by atoms with Gasteiger partial charge in [-0.05, 0) is 45.1 Å². The SMILES string of the molecule is CSc1nn(-c2c(C)cc(C)cc2C)c2nc(C)nc(O)c12. The van der Waals surface area contributed by atoms with E-state index < -0.39 is 0 Å². The van der Waals surface area contributed by atoms with Gasteiger partial charge in [-0.25, -0.2) is 9.67 Å². The number of fused-ring (bicyclic) bond motifs is 1. The molecule has 3 rings (SSSR count). The summed E-state index contributed by atoms with van der Waals surface area (Å²) >= 11 is 1.48. The molecule has 0 aliphatic heterocycles. The molecule has 1 aromatic carbocycles. The highest BCUT2D eigenvalue weighted by atomic mass is 32.2. The van der Waals surface area contributed by atoms with Crippen LogP contribution < -0.4 is 0 Å². The summed E-state index contributed by atoms with van der Waals surface area (Å²) in [5, 5.41) is 16.2. The predicted octanol–water partition coefficient (Wildman–Crippen LogP) is 3.48. The van der Waals surface area contributed by atoms with Crippen LogP contribution in [-0.4, -0.2) is 31.1 Å². The third kappa shape index (κ3) is 2.23. The quantitative estimate of drug-likeness (QED) is 0.734. The molecular weight excluding hydrogens is 296 g/mol. The standard InChI is InChI=1S/C16H18N4OS/c1-8-6-9(2)13(10(3)7-8)20-14-12(16(19-20)22-5)15(21)18-11(4)17-14/h6-7H,1-5H3,(H,17,18,21).